The van der Waals surface area contributed by atoms with Crippen LogP contribution in [0.3, 0.4) is 0 Å². The average Bonchev–Trinajstić information content (AvgIpc) is 2.96. The molecule has 1 N–H and O–H groups in total. The van der Waals surface area contributed by atoms with Gasteiger partial charge in [-0.1, -0.05) is 31.0 Å². The zero-order valence-corrected chi connectivity index (χ0v) is 16.5. The molecule has 3 rings (SSSR count). The number of rotatable bonds is 6. The lowest BCUT2D eigenvalue weighted by Gasteiger charge is -2.37. The van der Waals surface area contributed by atoms with Gasteiger partial charge in [0.05, 0.1) is 5.41 Å². The number of nitrogens with one attached hydrogen (secondary N) is 1. The number of amides is 1. The van der Waals surface area contributed by atoms with Crippen molar-refractivity contribution in [1.82, 2.24) is 10.2 Å². The van der Waals surface area contributed by atoms with E-state index in [2.05, 4.69) is 17.1 Å². The number of carbonyl (C=O) groups excluding carboxylic acids is 1. The van der Waals surface area contributed by atoms with Gasteiger partial charge in [0, 0.05) is 31.4 Å². The molecule has 1 atom stereocenters. The van der Waals surface area contributed by atoms with Crippen LogP contribution in [0, 0.1) is 5.82 Å². The van der Waals surface area contributed by atoms with Crippen LogP contribution in [0.5, 0.6) is 0 Å². The molecule has 0 spiro atoms. The summed E-state index contributed by atoms with van der Waals surface area (Å²) in [7, 11) is 0. The molecule has 2 aliphatic heterocycles. The zero-order chi connectivity index (χ0) is 19.1. The molecule has 1 aromatic rings. The van der Waals surface area contributed by atoms with Gasteiger partial charge in [-0.05, 0) is 58.2 Å². The van der Waals surface area contributed by atoms with Gasteiger partial charge in [0.2, 0.25) is 5.91 Å². The summed E-state index contributed by atoms with van der Waals surface area (Å²) in [6.45, 7) is 6.38. The van der Waals surface area contributed by atoms with Crippen molar-refractivity contribution < 1.29 is 13.9 Å². The van der Waals surface area contributed by atoms with Crippen molar-refractivity contribution in [3.63, 3.8) is 0 Å². The first-order valence-corrected chi connectivity index (χ1v) is 10.5. The van der Waals surface area contributed by atoms with Crippen molar-refractivity contribution >= 4 is 5.91 Å². The monoisotopic (exact) mass is 376 g/mol. The van der Waals surface area contributed by atoms with Gasteiger partial charge in [-0.3, -0.25) is 4.79 Å². The molecule has 2 aliphatic rings. The van der Waals surface area contributed by atoms with Crippen LogP contribution in [0.25, 0.3) is 0 Å². The third-order valence-corrected chi connectivity index (χ3v) is 6.12. The summed E-state index contributed by atoms with van der Waals surface area (Å²) in [6.07, 6.45) is 7.19. The molecule has 1 amide bonds. The fourth-order valence-electron chi connectivity index (χ4n) is 4.36. The third-order valence-electron chi connectivity index (χ3n) is 6.12. The summed E-state index contributed by atoms with van der Waals surface area (Å²) < 4.78 is 20.0. The van der Waals surface area contributed by atoms with Crippen LogP contribution in [-0.4, -0.2) is 49.7 Å². The minimum Gasteiger partial charge on any atom is -0.381 e. The largest absolute Gasteiger partial charge is 0.381 e. The van der Waals surface area contributed by atoms with Gasteiger partial charge in [-0.15, -0.1) is 0 Å². The summed E-state index contributed by atoms with van der Waals surface area (Å²) in [6, 6.07) is 6.76. The number of likely N-dealkylation sites (tertiary alicyclic amines) is 1. The Morgan fingerprint density at radius 3 is 2.52 bits per heavy atom. The van der Waals surface area contributed by atoms with E-state index in [4.69, 9.17) is 4.74 Å². The number of carbonyl (C=O) groups is 1. The van der Waals surface area contributed by atoms with E-state index >= 15 is 0 Å². The van der Waals surface area contributed by atoms with E-state index in [-0.39, 0.29) is 17.8 Å². The van der Waals surface area contributed by atoms with Crippen LogP contribution in [0.2, 0.25) is 0 Å². The number of benzene rings is 1. The van der Waals surface area contributed by atoms with E-state index in [1.54, 1.807) is 12.1 Å². The maximum atomic E-state index is 14.5. The summed E-state index contributed by atoms with van der Waals surface area (Å²) in [4.78, 5) is 15.8. The molecular formula is C22H33FN2O2. The Balaban J connectivity index is 1.63. The molecule has 0 unspecified atom stereocenters. The van der Waals surface area contributed by atoms with E-state index in [0.717, 1.165) is 26.1 Å². The lowest BCUT2D eigenvalue weighted by molar-refractivity contribution is -0.131. The smallest absolute Gasteiger partial charge is 0.231 e. The SMILES string of the molecule is C[C@@H](CCN1CCCCCC1)NC(=O)C1(c2ccccc2F)CCOCC1. The molecule has 2 fully saturated rings. The number of hydrogen-bond donors (Lipinski definition) is 1. The van der Waals surface area contributed by atoms with Crippen molar-refractivity contribution in [2.24, 2.45) is 0 Å². The highest BCUT2D eigenvalue weighted by Gasteiger charge is 2.43. The number of hydrogen-bond acceptors (Lipinski definition) is 3. The Morgan fingerprint density at radius 1 is 1.19 bits per heavy atom. The number of halogens is 1. The van der Waals surface area contributed by atoms with Crippen LogP contribution in [0.15, 0.2) is 24.3 Å². The van der Waals surface area contributed by atoms with Crippen molar-refractivity contribution in [1.29, 1.82) is 0 Å². The van der Waals surface area contributed by atoms with E-state index in [1.165, 1.54) is 31.7 Å². The fraction of sp³-hybridized carbons (Fsp3) is 0.682. The molecule has 5 heteroatoms. The second kappa shape index (κ2) is 9.65. The maximum absolute atomic E-state index is 14.5. The van der Waals surface area contributed by atoms with Gasteiger partial charge >= 0.3 is 0 Å². The maximum Gasteiger partial charge on any atom is 0.231 e. The predicted molar refractivity (Wildman–Crippen MR) is 105 cm³/mol. The van der Waals surface area contributed by atoms with Crippen molar-refractivity contribution in [2.45, 2.75) is 63.3 Å². The Kier molecular flexibility index (Phi) is 7.25. The lowest BCUT2D eigenvalue weighted by atomic mass is 9.73. The van der Waals surface area contributed by atoms with Crippen molar-refractivity contribution in [3.8, 4) is 0 Å². The Hall–Kier alpha value is -1.46. The number of ether oxygens (including phenoxy) is 1. The first-order chi connectivity index (χ1) is 13.1. The van der Waals surface area contributed by atoms with Crippen molar-refractivity contribution in [3.05, 3.63) is 35.6 Å². The molecule has 27 heavy (non-hydrogen) atoms. The molecule has 0 bridgehead atoms. The molecule has 2 heterocycles. The number of nitrogens with zero attached hydrogens (tertiary/aromatic N) is 1. The summed E-state index contributed by atoms with van der Waals surface area (Å²) in [5, 5.41) is 3.18. The second-order valence-electron chi connectivity index (χ2n) is 8.09. The molecule has 150 valence electrons. The minimum absolute atomic E-state index is 0.0562. The molecule has 0 saturated carbocycles. The third kappa shape index (κ3) is 5.08. The van der Waals surface area contributed by atoms with Gasteiger partial charge in [-0.2, -0.15) is 0 Å². The Labute approximate surface area is 162 Å². The Bertz CT molecular complexity index is 608. The topological polar surface area (TPSA) is 41.6 Å². The summed E-state index contributed by atoms with van der Waals surface area (Å²) in [5.74, 6) is -0.356. The molecule has 0 aromatic heterocycles. The zero-order valence-electron chi connectivity index (χ0n) is 16.5. The van der Waals surface area contributed by atoms with Crippen LogP contribution in [-0.2, 0) is 14.9 Å². The van der Waals surface area contributed by atoms with Crippen molar-refractivity contribution in [2.75, 3.05) is 32.8 Å². The minimum atomic E-state index is -0.819. The molecule has 0 radical (unpaired) electrons. The fourth-order valence-corrected chi connectivity index (χ4v) is 4.36. The first-order valence-electron chi connectivity index (χ1n) is 10.5. The van der Waals surface area contributed by atoms with Crippen LogP contribution >= 0.6 is 0 Å². The highest BCUT2D eigenvalue weighted by Crippen LogP contribution is 2.36. The predicted octanol–water partition coefficient (Wildman–Crippen LogP) is 3.64. The summed E-state index contributed by atoms with van der Waals surface area (Å²) in [5.41, 5.74) is -0.314. The molecule has 0 aliphatic carbocycles. The molecular weight excluding hydrogens is 343 g/mol. The quantitative estimate of drug-likeness (QED) is 0.824. The molecule has 4 nitrogen and oxygen atoms in total. The second-order valence-corrected chi connectivity index (χ2v) is 8.09. The van der Waals surface area contributed by atoms with Crippen LogP contribution in [0.1, 0.15) is 57.4 Å². The van der Waals surface area contributed by atoms with E-state index in [1.807, 2.05) is 6.07 Å². The van der Waals surface area contributed by atoms with E-state index in [0.29, 0.717) is 31.6 Å². The van der Waals surface area contributed by atoms with Crippen LogP contribution < -0.4 is 5.32 Å². The molecule has 2 saturated heterocycles. The van der Waals surface area contributed by atoms with E-state index in [9.17, 15) is 9.18 Å². The van der Waals surface area contributed by atoms with Gasteiger partial charge in [0.25, 0.3) is 0 Å². The van der Waals surface area contributed by atoms with Gasteiger partial charge < -0.3 is 15.0 Å². The van der Waals surface area contributed by atoms with Gasteiger partial charge in [0.1, 0.15) is 5.82 Å². The normalized spacial score (nSPS) is 22.0. The van der Waals surface area contributed by atoms with E-state index < -0.39 is 5.41 Å². The van der Waals surface area contributed by atoms with Gasteiger partial charge in [-0.25, -0.2) is 4.39 Å². The summed E-state index contributed by atoms with van der Waals surface area (Å²) >= 11 is 0. The highest BCUT2D eigenvalue weighted by atomic mass is 19.1. The lowest BCUT2D eigenvalue weighted by Crippen LogP contribution is -2.51. The molecule has 1 aromatic carbocycles. The van der Waals surface area contributed by atoms with Gasteiger partial charge in [0.15, 0.2) is 0 Å². The van der Waals surface area contributed by atoms with Crippen LogP contribution in [0.4, 0.5) is 4.39 Å². The highest BCUT2D eigenvalue weighted by molar-refractivity contribution is 5.88. The first kappa shape index (κ1) is 20.3. The Morgan fingerprint density at radius 2 is 1.85 bits per heavy atom. The standard InChI is InChI=1S/C22H33FN2O2/c1-18(10-15-25-13-6-2-3-7-14-25)24-21(26)22(11-16-27-17-12-22)19-8-4-5-9-20(19)23/h4-5,8-9,18H,2-3,6-7,10-17H2,1H3,(H,24,26)/t18-/m0/s1. The average molecular weight is 377 g/mol.